The molecule has 4 aliphatic rings. The van der Waals surface area contributed by atoms with Gasteiger partial charge in [-0.3, -0.25) is 14.4 Å². The van der Waals surface area contributed by atoms with Crippen molar-refractivity contribution < 1.29 is 33.9 Å². The van der Waals surface area contributed by atoms with E-state index in [0.717, 1.165) is 13.1 Å². The summed E-state index contributed by atoms with van der Waals surface area (Å²) in [6.07, 6.45) is -0.284. The first-order chi connectivity index (χ1) is 15.9. The molecule has 0 aromatic rings. The number of rotatable bonds is 7. The zero-order chi connectivity index (χ0) is 24.9. The van der Waals surface area contributed by atoms with Crippen LogP contribution in [0.25, 0.3) is 0 Å². The minimum absolute atomic E-state index is 0.0110. The molecule has 0 radical (unpaired) electrons. The fourth-order valence-electron chi connectivity index (χ4n) is 5.91. The van der Waals surface area contributed by atoms with Crippen molar-refractivity contribution in [3.8, 4) is 0 Å². The van der Waals surface area contributed by atoms with Crippen LogP contribution < -0.4 is 10.4 Å². The summed E-state index contributed by atoms with van der Waals surface area (Å²) in [4.78, 5) is 52.8. The molecule has 0 bridgehead atoms. The fourth-order valence-corrected chi connectivity index (χ4v) is 7.39. The van der Waals surface area contributed by atoms with Gasteiger partial charge in [-0.2, -0.15) is 0 Å². The van der Waals surface area contributed by atoms with E-state index >= 15 is 0 Å². The van der Waals surface area contributed by atoms with Crippen LogP contribution in [0.1, 0.15) is 27.2 Å². The van der Waals surface area contributed by atoms with E-state index in [1.807, 2.05) is 18.9 Å². The number of β-lactam (4-membered cyclic amide) rings is 1. The van der Waals surface area contributed by atoms with Crippen molar-refractivity contribution in [2.24, 2.45) is 11.8 Å². The molecular formula is C23H34N4O6S. The Morgan fingerprint density at radius 3 is 2.50 bits per heavy atom. The Morgan fingerprint density at radius 2 is 1.94 bits per heavy atom. The number of aliphatic hydroxyl groups excluding tert-OH is 1. The number of quaternary nitrogens is 1. The molecular weight excluding hydrogens is 460 g/mol. The molecule has 6 atom stereocenters. The lowest BCUT2D eigenvalue weighted by Crippen LogP contribution is -2.64. The number of aliphatic carboxylic acids is 1. The van der Waals surface area contributed by atoms with Gasteiger partial charge in [0.1, 0.15) is 6.54 Å². The standard InChI is InChI=1S/C23H34N4O6S/c1-12(28)11-27(4)7-5-25(6-8-27)21(30)16-9-15(10-24-16)34-20-13(2)18-17(14(3)29)22(31)26(18)19(20)23(32)33/h13-18,24,29H,5-11H2,1-4H3/t13-,14-,15+,16+,17-,18-/m1/s1. The first kappa shape index (κ1) is 25.2. The van der Waals surface area contributed by atoms with E-state index in [2.05, 4.69) is 5.32 Å². The van der Waals surface area contributed by atoms with Crippen LogP contribution in [-0.2, 0) is 19.2 Å². The third-order valence-electron chi connectivity index (χ3n) is 7.72. The number of fused-ring (bicyclic) bond motifs is 1. The molecule has 0 spiro atoms. The zero-order valence-electron chi connectivity index (χ0n) is 20.2. The number of nitrogens with zero attached hydrogens (tertiary/aromatic N) is 3. The van der Waals surface area contributed by atoms with Crippen LogP contribution in [0.3, 0.4) is 0 Å². The molecule has 0 aromatic carbocycles. The lowest BCUT2D eigenvalue weighted by atomic mass is 9.79. The second-order valence-electron chi connectivity index (χ2n) is 10.4. The van der Waals surface area contributed by atoms with Crippen molar-refractivity contribution >= 4 is 35.3 Å². The van der Waals surface area contributed by atoms with E-state index in [9.17, 15) is 29.4 Å². The van der Waals surface area contributed by atoms with Crippen LogP contribution >= 0.6 is 11.8 Å². The highest BCUT2D eigenvalue weighted by Crippen LogP contribution is 2.51. The Balaban J connectivity index is 1.38. The van der Waals surface area contributed by atoms with Crippen molar-refractivity contribution in [1.29, 1.82) is 0 Å². The van der Waals surface area contributed by atoms with Crippen LogP contribution in [-0.4, -0.2) is 113 Å². The number of hydrogen-bond acceptors (Lipinski definition) is 8. The Hall–Kier alpha value is -1.95. The van der Waals surface area contributed by atoms with Crippen LogP contribution in [0.15, 0.2) is 10.6 Å². The molecule has 4 rings (SSSR count). The molecule has 0 unspecified atom stereocenters. The van der Waals surface area contributed by atoms with Gasteiger partial charge in [-0.05, 0) is 13.3 Å². The molecule has 3 saturated heterocycles. The van der Waals surface area contributed by atoms with E-state index in [-0.39, 0.29) is 46.5 Å². The van der Waals surface area contributed by atoms with Gasteiger partial charge in [-0.15, -0.1) is 11.8 Å². The maximum Gasteiger partial charge on any atom is 0.240 e. The topological polar surface area (TPSA) is 130 Å². The van der Waals surface area contributed by atoms with Gasteiger partial charge in [0, 0.05) is 29.5 Å². The Labute approximate surface area is 203 Å². The number of carboxylic acid groups (broad SMARTS) is 1. The van der Waals surface area contributed by atoms with Gasteiger partial charge in [0.15, 0.2) is 5.78 Å². The van der Waals surface area contributed by atoms with E-state index in [4.69, 9.17) is 0 Å². The molecule has 4 heterocycles. The normalized spacial score (nSPS) is 33.6. The predicted molar refractivity (Wildman–Crippen MR) is 123 cm³/mol. The van der Waals surface area contributed by atoms with Gasteiger partial charge in [0.25, 0.3) is 0 Å². The van der Waals surface area contributed by atoms with Crippen LogP contribution in [0, 0.1) is 11.8 Å². The van der Waals surface area contributed by atoms with Gasteiger partial charge in [0.05, 0.1) is 69.0 Å². The number of carbonyl (C=O) groups is 4. The average molecular weight is 495 g/mol. The van der Waals surface area contributed by atoms with Crippen LogP contribution in [0.5, 0.6) is 0 Å². The number of piperazine rings is 1. The largest absolute Gasteiger partial charge is 0.543 e. The van der Waals surface area contributed by atoms with Gasteiger partial charge < -0.3 is 34.6 Å². The summed E-state index contributed by atoms with van der Waals surface area (Å²) in [5.41, 5.74) is -0.0854. The van der Waals surface area contributed by atoms with Crippen molar-refractivity contribution in [3.05, 3.63) is 10.6 Å². The lowest BCUT2D eigenvalue weighted by Gasteiger charge is -2.47. The number of thioether (sulfide) groups is 1. The SMILES string of the molecule is CC(=O)C[N+]1(C)CCN(C(=O)[C@@H]2C[C@H](SC3=C(C(=O)[O-])N4C(=O)[C@H]([C@@H](C)O)[C@H]4[C@H]3C)CN2)CC1. The Bertz CT molecular complexity index is 928. The van der Waals surface area contributed by atoms with Crippen LogP contribution in [0.2, 0.25) is 0 Å². The quantitative estimate of drug-likeness (QED) is 0.312. The average Bonchev–Trinajstić information content (AvgIpc) is 3.29. The molecule has 34 heavy (non-hydrogen) atoms. The van der Waals surface area contributed by atoms with Crippen molar-refractivity contribution in [2.45, 2.75) is 50.6 Å². The maximum absolute atomic E-state index is 13.1. The van der Waals surface area contributed by atoms with Gasteiger partial charge in [-0.1, -0.05) is 6.92 Å². The second kappa shape index (κ2) is 9.25. The number of carboxylic acids is 1. The highest BCUT2D eigenvalue weighted by atomic mass is 32.2. The van der Waals surface area contributed by atoms with Gasteiger partial charge in [-0.25, -0.2) is 0 Å². The smallest absolute Gasteiger partial charge is 0.240 e. The number of likely N-dealkylation sites (N-methyl/N-ethyl adjacent to an activating group) is 1. The van der Waals surface area contributed by atoms with Gasteiger partial charge >= 0.3 is 0 Å². The molecule has 0 aromatic heterocycles. The molecule has 11 heteroatoms. The molecule has 3 fully saturated rings. The highest BCUT2D eigenvalue weighted by Gasteiger charge is 2.59. The van der Waals surface area contributed by atoms with Crippen molar-refractivity contribution in [3.63, 3.8) is 0 Å². The van der Waals surface area contributed by atoms with E-state index in [0.29, 0.717) is 42.0 Å². The van der Waals surface area contributed by atoms with Gasteiger partial charge in [0.2, 0.25) is 11.8 Å². The zero-order valence-corrected chi connectivity index (χ0v) is 21.0. The predicted octanol–water partition coefficient (Wildman–Crippen LogP) is -1.85. The summed E-state index contributed by atoms with van der Waals surface area (Å²) in [5.74, 6) is -2.39. The first-order valence-corrected chi connectivity index (χ1v) is 12.8. The highest BCUT2D eigenvalue weighted by molar-refractivity contribution is 8.03. The Morgan fingerprint density at radius 1 is 1.29 bits per heavy atom. The van der Waals surface area contributed by atoms with E-state index < -0.39 is 18.0 Å². The molecule has 2 N–H and O–H groups in total. The number of carbonyl (C=O) groups excluding carboxylic acids is 4. The summed E-state index contributed by atoms with van der Waals surface area (Å²) in [6.45, 7) is 8.76. The summed E-state index contributed by atoms with van der Waals surface area (Å²) in [5, 5.41) is 25.2. The van der Waals surface area contributed by atoms with E-state index in [1.54, 1.807) is 13.8 Å². The van der Waals surface area contributed by atoms with E-state index in [1.165, 1.54) is 16.7 Å². The van der Waals surface area contributed by atoms with Crippen molar-refractivity contribution in [1.82, 2.24) is 15.1 Å². The van der Waals surface area contributed by atoms with Crippen molar-refractivity contribution in [2.75, 3.05) is 46.3 Å². The summed E-state index contributed by atoms with van der Waals surface area (Å²) in [6, 6.07) is -0.708. The maximum atomic E-state index is 13.1. The first-order valence-electron chi connectivity index (χ1n) is 11.9. The number of hydrogen-bond donors (Lipinski definition) is 2. The minimum atomic E-state index is -1.38. The number of Topliss-reactive ketones (excluding diaryl/α,β-unsaturated/α-hetero) is 1. The summed E-state index contributed by atoms with van der Waals surface area (Å²) >= 11 is 1.41. The number of ketones is 1. The molecule has 10 nitrogen and oxygen atoms in total. The molecule has 2 amide bonds. The number of aliphatic hydroxyl groups is 1. The number of amides is 2. The number of nitrogens with one attached hydrogen (secondary N) is 1. The molecule has 188 valence electrons. The third-order valence-corrected chi connectivity index (χ3v) is 9.23. The molecule has 0 saturated carbocycles. The summed E-state index contributed by atoms with van der Waals surface area (Å²) < 4.78 is 0.650. The lowest BCUT2D eigenvalue weighted by molar-refractivity contribution is -0.905. The third kappa shape index (κ3) is 4.38. The molecule has 0 aliphatic carbocycles. The fraction of sp³-hybridized carbons (Fsp3) is 0.739. The van der Waals surface area contributed by atoms with Crippen LogP contribution in [0.4, 0.5) is 0 Å². The molecule has 4 aliphatic heterocycles. The minimum Gasteiger partial charge on any atom is -0.543 e. The monoisotopic (exact) mass is 494 g/mol. The second-order valence-corrected chi connectivity index (χ2v) is 11.8. The summed E-state index contributed by atoms with van der Waals surface area (Å²) in [7, 11) is 2.05. The Kier molecular flexibility index (Phi) is 6.84.